The number of aromatic nitrogens is 2. The maximum absolute atomic E-state index is 11.1. The molecule has 0 bridgehead atoms. The van der Waals surface area contributed by atoms with Crippen LogP contribution >= 0.6 is 0 Å². The van der Waals surface area contributed by atoms with E-state index in [0.29, 0.717) is 5.69 Å². The van der Waals surface area contributed by atoms with Crippen molar-refractivity contribution in [3.8, 4) is 0 Å². The van der Waals surface area contributed by atoms with E-state index in [2.05, 4.69) is 4.98 Å². The lowest BCUT2D eigenvalue weighted by molar-refractivity contribution is 0.0689. The molecule has 0 aromatic carbocycles. The molecule has 0 spiro atoms. The Morgan fingerprint density at radius 1 is 1.62 bits per heavy atom. The fourth-order valence-electron chi connectivity index (χ4n) is 1.53. The number of nitrogens with zero attached hydrogens (tertiary/aromatic N) is 1. The van der Waals surface area contributed by atoms with Gasteiger partial charge in [-0.15, -0.1) is 0 Å². The molecule has 2 rings (SSSR count). The topological polar surface area (TPSA) is 75.1 Å². The van der Waals surface area contributed by atoms with Gasteiger partial charge in [-0.2, -0.15) is 0 Å². The van der Waals surface area contributed by atoms with E-state index in [4.69, 9.17) is 5.11 Å². The van der Waals surface area contributed by atoms with Crippen molar-refractivity contribution in [1.82, 2.24) is 9.55 Å². The first kappa shape index (κ1) is 8.10. The zero-order valence-electron chi connectivity index (χ0n) is 7.20. The van der Waals surface area contributed by atoms with Crippen molar-refractivity contribution < 1.29 is 9.90 Å². The monoisotopic (exact) mass is 182 g/mol. The van der Waals surface area contributed by atoms with Crippen LogP contribution in [0.2, 0.25) is 0 Å². The summed E-state index contributed by atoms with van der Waals surface area (Å²) in [6, 6.07) is 0. The largest absolute Gasteiger partial charge is 0.477 e. The highest BCUT2D eigenvalue weighted by Crippen LogP contribution is 2.40. The van der Waals surface area contributed by atoms with Gasteiger partial charge in [0.25, 0.3) is 0 Å². The van der Waals surface area contributed by atoms with E-state index in [0.717, 1.165) is 12.8 Å². The Bertz CT molecular complexity index is 412. The van der Waals surface area contributed by atoms with Gasteiger partial charge in [0.2, 0.25) is 0 Å². The molecule has 0 saturated heterocycles. The molecular weight excluding hydrogens is 172 g/mol. The second kappa shape index (κ2) is 2.48. The smallest absolute Gasteiger partial charge is 0.354 e. The predicted molar refractivity (Wildman–Crippen MR) is 45.0 cm³/mol. The van der Waals surface area contributed by atoms with Crippen molar-refractivity contribution >= 4 is 5.97 Å². The maximum atomic E-state index is 11.1. The second-order valence-corrected chi connectivity index (χ2v) is 3.33. The minimum atomic E-state index is -1.06. The van der Waals surface area contributed by atoms with E-state index in [1.165, 1.54) is 4.57 Å². The lowest BCUT2D eigenvalue weighted by Crippen LogP contribution is -2.13. The summed E-state index contributed by atoms with van der Waals surface area (Å²) in [7, 11) is 1.60. The van der Waals surface area contributed by atoms with Gasteiger partial charge in [-0.25, -0.2) is 9.59 Å². The Morgan fingerprint density at radius 3 is 2.69 bits per heavy atom. The maximum Gasteiger partial charge on any atom is 0.354 e. The molecule has 1 fully saturated rings. The molecule has 5 nitrogen and oxygen atoms in total. The van der Waals surface area contributed by atoms with Crippen molar-refractivity contribution in [2.75, 3.05) is 0 Å². The number of carboxylic acids is 1. The van der Waals surface area contributed by atoms with Crippen molar-refractivity contribution in [2.45, 2.75) is 18.8 Å². The fourth-order valence-corrected chi connectivity index (χ4v) is 1.53. The Balaban J connectivity index is 2.60. The van der Waals surface area contributed by atoms with Gasteiger partial charge in [0.15, 0.2) is 0 Å². The van der Waals surface area contributed by atoms with Gasteiger partial charge >= 0.3 is 11.7 Å². The van der Waals surface area contributed by atoms with Crippen LogP contribution in [0.1, 0.15) is 34.9 Å². The van der Waals surface area contributed by atoms with Crippen molar-refractivity contribution in [3.05, 3.63) is 21.9 Å². The number of aromatic amines is 1. The standard InChI is InChI=1S/C8H10N2O3/c1-10-6(4-2-3-4)5(7(11)12)9-8(10)13/h4H,2-3H2,1H3,(H,9,13)(H,11,12). The Hall–Kier alpha value is -1.52. The van der Waals surface area contributed by atoms with E-state index in [-0.39, 0.29) is 17.3 Å². The van der Waals surface area contributed by atoms with Crippen molar-refractivity contribution in [1.29, 1.82) is 0 Å². The van der Waals surface area contributed by atoms with Gasteiger partial charge in [0.05, 0.1) is 5.69 Å². The van der Waals surface area contributed by atoms with Crippen LogP contribution < -0.4 is 5.69 Å². The molecule has 1 saturated carbocycles. The lowest BCUT2D eigenvalue weighted by Gasteiger charge is -1.99. The van der Waals surface area contributed by atoms with Crippen LogP contribution in [-0.4, -0.2) is 20.6 Å². The summed E-state index contributed by atoms with van der Waals surface area (Å²) in [5, 5.41) is 8.80. The van der Waals surface area contributed by atoms with Crippen LogP contribution in [0.4, 0.5) is 0 Å². The summed E-state index contributed by atoms with van der Waals surface area (Å²) in [5.74, 6) is -0.797. The Kier molecular flexibility index (Phi) is 1.55. The van der Waals surface area contributed by atoms with Crippen LogP contribution in [0.5, 0.6) is 0 Å². The van der Waals surface area contributed by atoms with Crippen molar-refractivity contribution in [2.24, 2.45) is 7.05 Å². The molecule has 0 radical (unpaired) electrons. The summed E-state index contributed by atoms with van der Waals surface area (Å²) in [4.78, 5) is 24.2. The summed E-state index contributed by atoms with van der Waals surface area (Å²) < 4.78 is 1.39. The Labute approximate surface area is 74.0 Å². The third-order valence-electron chi connectivity index (χ3n) is 2.33. The number of aromatic carboxylic acids is 1. The highest BCUT2D eigenvalue weighted by Gasteiger charge is 2.32. The molecule has 1 aliphatic rings. The molecule has 0 atom stereocenters. The first-order chi connectivity index (χ1) is 6.11. The van der Waals surface area contributed by atoms with Gasteiger partial charge in [-0.1, -0.05) is 0 Å². The number of carboxylic acid groups (broad SMARTS) is 1. The van der Waals surface area contributed by atoms with Crippen LogP contribution in [-0.2, 0) is 7.05 Å². The molecule has 70 valence electrons. The van der Waals surface area contributed by atoms with E-state index in [1.54, 1.807) is 7.05 Å². The molecule has 13 heavy (non-hydrogen) atoms. The van der Waals surface area contributed by atoms with Crippen LogP contribution in [0.25, 0.3) is 0 Å². The molecule has 0 aliphatic heterocycles. The third-order valence-corrected chi connectivity index (χ3v) is 2.33. The first-order valence-electron chi connectivity index (χ1n) is 4.13. The second-order valence-electron chi connectivity index (χ2n) is 3.33. The number of carbonyl (C=O) groups is 1. The summed E-state index contributed by atoms with van der Waals surface area (Å²) in [6.45, 7) is 0. The molecule has 0 unspecified atom stereocenters. The number of rotatable bonds is 2. The van der Waals surface area contributed by atoms with E-state index >= 15 is 0 Å². The summed E-state index contributed by atoms with van der Waals surface area (Å²) >= 11 is 0. The predicted octanol–water partition coefficient (Wildman–Crippen LogP) is 0.289. The van der Waals surface area contributed by atoms with Gasteiger partial charge in [-0.05, 0) is 12.8 Å². The number of hydrogen-bond acceptors (Lipinski definition) is 2. The summed E-state index contributed by atoms with van der Waals surface area (Å²) in [5.41, 5.74) is 0.340. The van der Waals surface area contributed by atoms with Crippen LogP contribution in [0, 0.1) is 0 Å². The molecule has 1 aromatic rings. The zero-order valence-corrected chi connectivity index (χ0v) is 7.20. The number of H-pyrrole nitrogens is 1. The fraction of sp³-hybridized carbons (Fsp3) is 0.500. The Morgan fingerprint density at radius 2 is 2.23 bits per heavy atom. The third kappa shape index (κ3) is 1.16. The van der Waals surface area contributed by atoms with Crippen LogP contribution in [0.15, 0.2) is 4.79 Å². The lowest BCUT2D eigenvalue weighted by atomic mass is 10.2. The first-order valence-corrected chi connectivity index (χ1v) is 4.13. The zero-order chi connectivity index (χ0) is 9.59. The average molecular weight is 182 g/mol. The number of hydrogen-bond donors (Lipinski definition) is 2. The van der Waals surface area contributed by atoms with E-state index in [1.807, 2.05) is 0 Å². The van der Waals surface area contributed by atoms with Gasteiger partial charge in [-0.3, -0.25) is 9.55 Å². The normalized spacial score (nSPS) is 16.1. The molecule has 1 aromatic heterocycles. The minimum Gasteiger partial charge on any atom is -0.477 e. The number of imidazole rings is 1. The SMILES string of the molecule is Cn1c(C2CC2)c(C(=O)O)[nH]c1=O. The molecule has 5 heteroatoms. The van der Waals surface area contributed by atoms with Crippen molar-refractivity contribution in [3.63, 3.8) is 0 Å². The van der Waals surface area contributed by atoms with Gasteiger partial charge < -0.3 is 5.11 Å². The van der Waals surface area contributed by atoms with Crippen LogP contribution in [0.3, 0.4) is 0 Å². The minimum absolute atomic E-state index is 0.0509. The highest BCUT2D eigenvalue weighted by atomic mass is 16.4. The van der Waals surface area contributed by atoms with E-state index < -0.39 is 5.97 Å². The van der Waals surface area contributed by atoms with E-state index in [9.17, 15) is 9.59 Å². The van der Waals surface area contributed by atoms with Gasteiger partial charge in [0, 0.05) is 13.0 Å². The molecular formula is C8H10N2O3. The summed E-state index contributed by atoms with van der Waals surface area (Å²) in [6.07, 6.45) is 1.96. The highest BCUT2D eigenvalue weighted by molar-refractivity contribution is 5.87. The van der Waals surface area contributed by atoms with Gasteiger partial charge in [0.1, 0.15) is 5.69 Å². The molecule has 1 aliphatic carbocycles. The molecule has 0 amide bonds. The molecule has 2 N–H and O–H groups in total. The number of nitrogens with one attached hydrogen (secondary N) is 1. The quantitative estimate of drug-likeness (QED) is 0.690. The average Bonchev–Trinajstić information content (AvgIpc) is 2.82. The molecule has 1 heterocycles.